The van der Waals surface area contributed by atoms with Crippen LogP contribution in [0.5, 0.6) is 0 Å². The maximum absolute atomic E-state index is 6.06. The van der Waals surface area contributed by atoms with Crippen LogP contribution in [0.25, 0.3) is 0 Å². The first-order chi connectivity index (χ1) is 9.10. The third-order valence-electron chi connectivity index (χ3n) is 3.56. The molecule has 0 saturated heterocycles. The van der Waals surface area contributed by atoms with Gasteiger partial charge in [-0.2, -0.15) is 0 Å². The molecule has 0 aliphatic carbocycles. The maximum Gasteiger partial charge on any atom is 0.0473 e. The van der Waals surface area contributed by atoms with Crippen LogP contribution in [-0.4, -0.2) is 50.1 Å². The number of nitrogens with two attached hydrogens (primary N) is 1. The average Bonchev–Trinajstić information content (AvgIpc) is 2.38. The first kappa shape index (κ1) is 16.2. The molecule has 0 aromatic heterocycles. The van der Waals surface area contributed by atoms with Crippen LogP contribution >= 0.6 is 0 Å². The van der Waals surface area contributed by atoms with Gasteiger partial charge in [-0.25, -0.2) is 0 Å². The Morgan fingerprint density at radius 1 is 1.11 bits per heavy atom. The Morgan fingerprint density at radius 2 is 1.79 bits per heavy atom. The van der Waals surface area contributed by atoms with E-state index in [-0.39, 0.29) is 0 Å². The standard InChI is InChI=1S/C16H29N3/c1-5-10-19(12-11-18(3)4)16(13-17)15-9-7-6-8-14(15)2/h6-9,16H,5,10-13,17H2,1-4H3. The zero-order chi connectivity index (χ0) is 14.3. The smallest absolute Gasteiger partial charge is 0.0473 e. The minimum atomic E-state index is 0.334. The lowest BCUT2D eigenvalue weighted by atomic mass is 9.99. The van der Waals surface area contributed by atoms with Crippen molar-refractivity contribution < 1.29 is 0 Å². The van der Waals surface area contributed by atoms with Crippen molar-refractivity contribution in [1.29, 1.82) is 0 Å². The zero-order valence-electron chi connectivity index (χ0n) is 12.9. The highest BCUT2D eigenvalue weighted by Crippen LogP contribution is 2.23. The van der Waals surface area contributed by atoms with Gasteiger partial charge in [0.1, 0.15) is 0 Å². The van der Waals surface area contributed by atoms with Gasteiger partial charge in [0.05, 0.1) is 0 Å². The Kier molecular flexibility index (Phi) is 7.06. The molecular formula is C16H29N3. The van der Waals surface area contributed by atoms with E-state index in [4.69, 9.17) is 5.73 Å². The van der Waals surface area contributed by atoms with Crippen LogP contribution in [0.2, 0.25) is 0 Å². The van der Waals surface area contributed by atoms with Crippen molar-refractivity contribution >= 4 is 0 Å². The van der Waals surface area contributed by atoms with E-state index in [2.05, 4.69) is 62.0 Å². The van der Waals surface area contributed by atoms with Crippen LogP contribution in [0, 0.1) is 6.92 Å². The molecule has 0 fully saturated rings. The summed E-state index contributed by atoms with van der Waals surface area (Å²) in [6, 6.07) is 8.93. The first-order valence-corrected chi connectivity index (χ1v) is 7.24. The lowest BCUT2D eigenvalue weighted by molar-refractivity contribution is 0.182. The summed E-state index contributed by atoms with van der Waals surface area (Å²) < 4.78 is 0. The van der Waals surface area contributed by atoms with Gasteiger partial charge >= 0.3 is 0 Å². The highest BCUT2D eigenvalue weighted by molar-refractivity contribution is 5.29. The molecule has 0 aliphatic heterocycles. The van der Waals surface area contributed by atoms with Crippen LogP contribution in [-0.2, 0) is 0 Å². The number of hydrogen-bond donors (Lipinski definition) is 1. The summed E-state index contributed by atoms with van der Waals surface area (Å²) in [5.41, 5.74) is 8.77. The Labute approximate surface area is 118 Å². The third-order valence-corrected chi connectivity index (χ3v) is 3.56. The van der Waals surface area contributed by atoms with Crippen molar-refractivity contribution in [2.45, 2.75) is 26.3 Å². The predicted octanol–water partition coefficient (Wildman–Crippen LogP) is 2.27. The van der Waals surface area contributed by atoms with Gasteiger partial charge in [0.2, 0.25) is 0 Å². The molecule has 0 amide bonds. The molecule has 108 valence electrons. The van der Waals surface area contributed by atoms with E-state index >= 15 is 0 Å². The molecule has 1 atom stereocenters. The van der Waals surface area contributed by atoms with Crippen LogP contribution in [0.1, 0.15) is 30.5 Å². The number of nitrogens with zero attached hydrogens (tertiary/aromatic N) is 2. The molecule has 19 heavy (non-hydrogen) atoms. The van der Waals surface area contributed by atoms with E-state index in [1.165, 1.54) is 11.1 Å². The summed E-state index contributed by atoms with van der Waals surface area (Å²) in [6.07, 6.45) is 1.16. The predicted molar refractivity (Wildman–Crippen MR) is 83.4 cm³/mol. The maximum atomic E-state index is 6.06. The van der Waals surface area contributed by atoms with Gasteiger partial charge in [0, 0.05) is 25.7 Å². The van der Waals surface area contributed by atoms with Gasteiger partial charge in [-0.15, -0.1) is 0 Å². The fourth-order valence-electron chi connectivity index (χ4n) is 2.47. The highest BCUT2D eigenvalue weighted by Gasteiger charge is 2.19. The molecule has 2 N–H and O–H groups in total. The van der Waals surface area contributed by atoms with E-state index < -0.39 is 0 Å². The monoisotopic (exact) mass is 263 g/mol. The van der Waals surface area contributed by atoms with E-state index in [1.807, 2.05) is 0 Å². The molecule has 0 radical (unpaired) electrons. The van der Waals surface area contributed by atoms with Crippen LogP contribution in [0.4, 0.5) is 0 Å². The lowest BCUT2D eigenvalue weighted by Crippen LogP contribution is -2.39. The van der Waals surface area contributed by atoms with Crippen molar-refractivity contribution in [3.63, 3.8) is 0 Å². The van der Waals surface area contributed by atoms with Crippen molar-refractivity contribution in [1.82, 2.24) is 9.80 Å². The summed E-state index contributed by atoms with van der Waals surface area (Å²) in [5, 5.41) is 0. The van der Waals surface area contributed by atoms with Gasteiger partial charge in [-0.05, 0) is 45.1 Å². The molecule has 1 aromatic carbocycles. The number of benzene rings is 1. The normalized spacial score (nSPS) is 13.2. The lowest BCUT2D eigenvalue weighted by Gasteiger charge is -2.32. The first-order valence-electron chi connectivity index (χ1n) is 7.24. The van der Waals surface area contributed by atoms with Crippen LogP contribution in [0.15, 0.2) is 24.3 Å². The summed E-state index contributed by atoms with van der Waals surface area (Å²) in [6.45, 7) is 8.32. The van der Waals surface area contributed by atoms with E-state index in [0.29, 0.717) is 12.6 Å². The molecule has 0 aliphatic rings. The van der Waals surface area contributed by atoms with Crippen molar-refractivity contribution in [2.75, 3.05) is 40.3 Å². The van der Waals surface area contributed by atoms with Crippen LogP contribution < -0.4 is 5.73 Å². The van der Waals surface area contributed by atoms with E-state index in [1.54, 1.807) is 0 Å². The zero-order valence-corrected chi connectivity index (χ0v) is 12.9. The van der Waals surface area contributed by atoms with Crippen molar-refractivity contribution in [3.05, 3.63) is 35.4 Å². The Balaban J connectivity index is 2.86. The van der Waals surface area contributed by atoms with Gasteiger partial charge < -0.3 is 10.6 Å². The topological polar surface area (TPSA) is 32.5 Å². The molecule has 0 bridgehead atoms. The molecule has 1 unspecified atom stereocenters. The number of aryl methyl sites for hydroxylation is 1. The molecular weight excluding hydrogens is 234 g/mol. The Bertz CT molecular complexity index is 363. The number of rotatable bonds is 8. The van der Waals surface area contributed by atoms with Gasteiger partial charge in [-0.1, -0.05) is 31.2 Å². The minimum absolute atomic E-state index is 0.334. The molecule has 3 heteroatoms. The molecule has 0 spiro atoms. The fourth-order valence-corrected chi connectivity index (χ4v) is 2.47. The summed E-state index contributed by atoms with van der Waals surface area (Å²) in [5.74, 6) is 0. The van der Waals surface area contributed by atoms with Gasteiger partial charge in [0.15, 0.2) is 0 Å². The molecule has 0 heterocycles. The second kappa shape index (κ2) is 8.31. The number of likely N-dealkylation sites (N-methyl/N-ethyl adjacent to an activating group) is 1. The Hall–Kier alpha value is -0.900. The summed E-state index contributed by atoms with van der Waals surface area (Å²) in [4.78, 5) is 4.75. The molecule has 1 aromatic rings. The van der Waals surface area contributed by atoms with Gasteiger partial charge in [0.25, 0.3) is 0 Å². The summed E-state index contributed by atoms with van der Waals surface area (Å²) >= 11 is 0. The molecule has 1 rings (SSSR count). The number of hydrogen-bond acceptors (Lipinski definition) is 3. The van der Waals surface area contributed by atoms with Crippen molar-refractivity contribution in [2.24, 2.45) is 5.73 Å². The third kappa shape index (κ3) is 4.94. The largest absolute Gasteiger partial charge is 0.329 e. The average molecular weight is 263 g/mol. The second-order valence-electron chi connectivity index (χ2n) is 5.45. The van der Waals surface area contributed by atoms with E-state index in [9.17, 15) is 0 Å². The SMILES string of the molecule is CCCN(CCN(C)C)C(CN)c1ccccc1C. The molecule has 3 nitrogen and oxygen atoms in total. The minimum Gasteiger partial charge on any atom is -0.329 e. The highest BCUT2D eigenvalue weighted by atomic mass is 15.2. The Morgan fingerprint density at radius 3 is 2.32 bits per heavy atom. The van der Waals surface area contributed by atoms with Crippen molar-refractivity contribution in [3.8, 4) is 0 Å². The fraction of sp³-hybridized carbons (Fsp3) is 0.625. The molecule has 0 saturated carbocycles. The van der Waals surface area contributed by atoms with Gasteiger partial charge in [-0.3, -0.25) is 4.90 Å². The van der Waals surface area contributed by atoms with Crippen LogP contribution in [0.3, 0.4) is 0 Å². The second-order valence-corrected chi connectivity index (χ2v) is 5.45. The quantitative estimate of drug-likeness (QED) is 0.781. The van der Waals surface area contributed by atoms with E-state index in [0.717, 1.165) is 26.1 Å². The summed E-state index contributed by atoms with van der Waals surface area (Å²) in [7, 11) is 4.24.